The lowest BCUT2D eigenvalue weighted by molar-refractivity contribution is 0.668. The molecule has 0 bridgehead atoms. The second kappa shape index (κ2) is 12.9. The maximum Gasteiger partial charge on any atom is 0.160 e. The quantitative estimate of drug-likeness (QED) is 0.170. The average Bonchev–Trinajstić information content (AvgIpc) is 3.98. The summed E-state index contributed by atoms with van der Waals surface area (Å²) in [6, 6.07) is 70.2. The minimum Gasteiger partial charge on any atom is -0.456 e. The van der Waals surface area contributed by atoms with Gasteiger partial charge in [-0.1, -0.05) is 127 Å². The Morgan fingerprint density at radius 3 is 1.29 bits per heavy atom. The van der Waals surface area contributed by atoms with Crippen molar-refractivity contribution in [3.05, 3.63) is 200 Å². The molecule has 4 heteroatoms. The van der Waals surface area contributed by atoms with Gasteiger partial charge in [-0.2, -0.15) is 0 Å². The van der Waals surface area contributed by atoms with Crippen LogP contribution >= 0.6 is 0 Å². The molecule has 0 radical (unpaired) electrons. The zero-order chi connectivity index (χ0) is 38.2. The van der Waals surface area contributed by atoms with Crippen molar-refractivity contribution in [2.45, 2.75) is 0 Å². The SMILES string of the molecule is c1ccc(-c2ccc(N(c3ccc(-c4ccc5c(c4)oc4ccccc45)cc3)c3ccc(-c4ccc5c(c4)oc4ccccc45)cc3)c3oc4ccccc4c23)cc1. The fourth-order valence-electron chi connectivity index (χ4n) is 8.69. The molecule has 58 heavy (non-hydrogen) atoms. The van der Waals surface area contributed by atoms with E-state index in [1.807, 2.05) is 30.3 Å². The minimum absolute atomic E-state index is 0.835. The van der Waals surface area contributed by atoms with Gasteiger partial charge in [0, 0.05) is 43.7 Å². The fourth-order valence-corrected chi connectivity index (χ4v) is 8.69. The van der Waals surface area contributed by atoms with E-state index in [2.05, 4.69) is 175 Å². The first-order valence-electron chi connectivity index (χ1n) is 19.6. The van der Waals surface area contributed by atoms with Gasteiger partial charge in [0.2, 0.25) is 0 Å². The predicted octanol–water partition coefficient (Wildman–Crippen LogP) is 15.9. The van der Waals surface area contributed by atoms with Crippen molar-refractivity contribution in [2.75, 3.05) is 4.90 Å². The Morgan fingerprint density at radius 1 is 0.293 bits per heavy atom. The van der Waals surface area contributed by atoms with Crippen LogP contribution in [0.4, 0.5) is 17.1 Å². The monoisotopic (exact) mass is 743 g/mol. The highest BCUT2D eigenvalue weighted by molar-refractivity contribution is 6.17. The van der Waals surface area contributed by atoms with Crippen molar-refractivity contribution >= 4 is 82.9 Å². The van der Waals surface area contributed by atoms with Crippen LogP contribution in [0.1, 0.15) is 0 Å². The first kappa shape index (κ1) is 32.4. The summed E-state index contributed by atoms with van der Waals surface area (Å²) in [6.45, 7) is 0. The Hall–Kier alpha value is -7.82. The van der Waals surface area contributed by atoms with Crippen molar-refractivity contribution in [1.29, 1.82) is 0 Å². The van der Waals surface area contributed by atoms with E-state index in [0.717, 1.165) is 116 Å². The van der Waals surface area contributed by atoms with Crippen LogP contribution in [0.25, 0.3) is 99.2 Å². The molecule has 12 aromatic rings. The number of rotatable bonds is 6. The molecule has 0 fully saturated rings. The van der Waals surface area contributed by atoms with Crippen molar-refractivity contribution in [1.82, 2.24) is 0 Å². The second-order valence-corrected chi connectivity index (χ2v) is 14.8. The number of hydrogen-bond donors (Lipinski definition) is 0. The summed E-state index contributed by atoms with van der Waals surface area (Å²) in [7, 11) is 0. The van der Waals surface area contributed by atoms with Crippen LogP contribution in [-0.4, -0.2) is 0 Å². The number of fused-ring (bicyclic) bond motifs is 9. The van der Waals surface area contributed by atoms with Crippen molar-refractivity contribution < 1.29 is 13.3 Å². The minimum atomic E-state index is 0.835. The van der Waals surface area contributed by atoms with E-state index < -0.39 is 0 Å². The third-order valence-corrected chi connectivity index (χ3v) is 11.5. The van der Waals surface area contributed by atoms with Crippen LogP contribution in [0.15, 0.2) is 213 Å². The van der Waals surface area contributed by atoms with Crippen molar-refractivity contribution in [3.8, 4) is 33.4 Å². The number of para-hydroxylation sites is 3. The molecule has 9 aromatic carbocycles. The molecule has 0 aliphatic rings. The van der Waals surface area contributed by atoms with Gasteiger partial charge in [-0.15, -0.1) is 0 Å². The number of benzene rings is 9. The van der Waals surface area contributed by atoms with Gasteiger partial charge in [0.25, 0.3) is 0 Å². The van der Waals surface area contributed by atoms with Crippen LogP contribution in [0.3, 0.4) is 0 Å². The molecule has 0 unspecified atom stereocenters. The molecule has 0 atom stereocenters. The van der Waals surface area contributed by atoms with Gasteiger partial charge in [-0.3, -0.25) is 0 Å². The molecule has 0 spiro atoms. The number of anilines is 3. The van der Waals surface area contributed by atoms with Crippen molar-refractivity contribution in [2.24, 2.45) is 0 Å². The molecule has 4 nitrogen and oxygen atoms in total. The molecule has 272 valence electrons. The molecular weight excluding hydrogens is 711 g/mol. The molecule has 0 aliphatic heterocycles. The van der Waals surface area contributed by atoms with Crippen LogP contribution in [-0.2, 0) is 0 Å². The molecule has 0 amide bonds. The maximum absolute atomic E-state index is 6.82. The highest BCUT2D eigenvalue weighted by Gasteiger charge is 2.22. The first-order valence-corrected chi connectivity index (χ1v) is 19.6. The third-order valence-electron chi connectivity index (χ3n) is 11.5. The summed E-state index contributed by atoms with van der Waals surface area (Å²) in [5.74, 6) is 0. The molecule has 0 saturated carbocycles. The first-order chi connectivity index (χ1) is 28.7. The Bertz CT molecular complexity index is 3340. The normalized spacial score (nSPS) is 11.8. The van der Waals surface area contributed by atoms with E-state index in [1.54, 1.807) is 0 Å². The standard InChI is InChI=1S/C54H33NO3/c1-2-10-36(11-3-1)41-30-31-47(54-53(41)46-14-6-9-17-50(46)58-54)55(39-24-18-34(19-25-39)37-22-28-44-42-12-4-7-15-48(42)56-51(44)32-37)40-26-20-35(21-27-40)38-23-29-45-43-13-5-8-16-49(43)57-52(45)33-38/h1-33H. The van der Waals surface area contributed by atoms with Gasteiger partial charge >= 0.3 is 0 Å². The smallest absolute Gasteiger partial charge is 0.160 e. The van der Waals surface area contributed by atoms with E-state index in [4.69, 9.17) is 13.3 Å². The number of furan rings is 3. The molecule has 0 aliphatic carbocycles. The summed E-state index contributed by atoms with van der Waals surface area (Å²) in [4.78, 5) is 2.30. The Labute approximate surface area is 333 Å². The Kier molecular flexibility index (Phi) is 7.20. The number of nitrogens with zero attached hydrogens (tertiary/aromatic N) is 1. The van der Waals surface area contributed by atoms with Gasteiger partial charge in [0.1, 0.15) is 27.9 Å². The lowest BCUT2D eigenvalue weighted by atomic mass is 9.98. The van der Waals surface area contributed by atoms with Crippen LogP contribution < -0.4 is 4.90 Å². The Balaban J connectivity index is 1.00. The summed E-state index contributed by atoms with van der Waals surface area (Å²) in [6.07, 6.45) is 0. The van der Waals surface area contributed by atoms with Gasteiger partial charge in [0.15, 0.2) is 5.58 Å². The van der Waals surface area contributed by atoms with Gasteiger partial charge in [0.05, 0.1) is 5.69 Å². The van der Waals surface area contributed by atoms with E-state index in [1.165, 1.54) is 0 Å². The highest BCUT2D eigenvalue weighted by Crippen LogP contribution is 2.46. The average molecular weight is 744 g/mol. The lowest BCUT2D eigenvalue weighted by Gasteiger charge is -2.26. The maximum atomic E-state index is 6.82. The fraction of sp³-hybridized carbons (Fsp3) is 0. The molecule has 12 rings (SSSR count). The largest absolute Gasteiger partial charge is 0.456 e. The predicted molar refractivity (Wildman–Crippen MR) is 239 cm³/mol. The number of hydrogen-bond acceptors (Lipinski definition) is 4. The van der Waals surface area contributed by atoms with Crippen LogP contribution in [0.5, 0.6) is 0 Å². The summed E-state index contributed by atoms with van der Waals surface area (Å²) in [5, 5.41) is 6.69. The zero-order valence-electron chi connectivity index (χ0n) is 31.2. The van der Waals surface area contributed by atoms with Crippen LogP contribution in [0.2, 0.25) is 0 Å². The molecule has 3 heterocycles. The molecule has 3 aromatic heterocycles. The zero-order valence-corrected chi connectivity index (χ0v) is 31.2. The highest BCUT2D eigenvalue weighted by atomic mass is 16.3. The van der Waals surface area contributed by atoms with E-state index in [-0.39, 0.29) is 0 Å². The van der Waals surface area contributed by atoms with E-state index in [0.29, 0.717) is 0 Å². The summed E-state index contributed by atoms with van der Waals surface area (Å²) < 4.78 is 19.3. The molecule has 0 saturated heterocycles. The van der Waals surface area contributed by atoms with E-state index in [9.17, 15) is 0 Å². The van der Waals surface area contributed by atoms with Gasteiger partial charge in [-0.25, -0.2) is 0 Å². The van der Waals surface area contributed by atoms with Crippen molar-refractivity contribution in [3.63, 3.8) is 0 Å². The lowest BCUT2D eigenvalue weighted by Crippen LogP contribution is -2.10. The van der Waals surface area contributed by atoms with Gasteiger partial charge in [-0.05, 0) is 106 Å². The second-order valence-electron chi connectivity index (χ2n) is 14.8. The third kappa shape index (κ3) is 5.16. The van der Waals surface area contributed by atoms with E-state index >= 15 is 0 Å². The summed E-state index contributed by atoms with van der Waals surface area (Å²) in [5.41, 5.74) is 14.9. The molecular formula is C54H33NO3. The Morgan fingerprint density at radius 2 is 0.741 bits per heavy atom. The topological polar surface area (TPSA) is 42.7 Å². The van der Waals surface area contributed by atoms with Gasteiger partial charge < -0.3 is 18.2 Å². The van der Waals surface area contributed by atoms with Crippen LogP contribution in [0, 0.1) is 0 Å². The summed E-state index contributed by atoms with van der Waals surface area (Å²) >= 11 is 0. The molecule has 0 N–H and O–H groups in total.